The minimum Gasteiger partial charge on any atom is -0.491 e. The number of hydrogen-bond donors (Lipinski definition) is 0. The SMILES string of the molecule is Cc1cccc([C@H]2O[C@H](COc3ccccc3)[C@@H](Oc3ccccc3)[C@H](Oc3ccccc3)[C@@H]2Oc2ccccc2)c1CC[SiH3]. The minimum atomic E-state index is -0.562. The van der Waals surface area contributed by atoms with Crippen molar-refractivity contribution < 1.29 is 23.7 Å². The van der Waals surface area contributed by atoms with Gasteiger partial charge >= 0.3 is 0 Å². The fraction of sp³-hybridized carbons (Fsp3) is 0.231. The number of benzene rings is 5. The van der Waals surface area contributed by atoms with Crippen LogP contribution in [-0.2, 0) is 11.2 Å². The van der Waals surface area contributed by atoms with Crippen LogP contribution >= 0.6 is 0 Å². The molecular weight excluding hydrogens is 577 g/mol. The van der Waals surface area contributed by atoms with Crippen LogP contribution in [0, 0.1) is 6.92 Å². The van der Waals surface area contributed by atoms with Gasteiger partial charge in [-0.05, 0) is 78.6 Å². The van der Waals surface area contributed by atoms with Crippen molar-refractivity contribution >= 4 is 10.2 Å². The van der Waals surface area contributed by atoms with Crippen molar-refractivity contribution in [3.63, 3.8) is 0 Å². The van der Waals surface area contributed by atoms with Crippen LogP contribution in [0.25, 0.3) is 0 Å². The molecule has 1 heterocycles. The van der Waals surface area contributed by atoms with Gasteiger partial charge in [-0.1, -0.05) is 97.0 Å². The summed E-state index contributed by atoms with van der Waals surface area (Å²) >= 11 is 0. The zero-order valence-corrected chi connectivity index (χ0v) is 27.8. The molecule has 0 aliphatic carbocycles. The first-order valence-corrected chi connectivity index (χ1v) is 17.2. The van der Waals surface area contributed by atoms with Gasteiger partial charge in [-0.2, -0.15) is 0 Å². The molecule has 1 fully saturated rings. The van der Waals surface area contributed by atoms with Gasteiger partial charge in [0.05, 0.1) is 0 Å². The number of hydrogen-bond acceptors (Lipinski definition) is 5. The molecule has 45 heavy (non-hydrogen) atoms. The highest BCUT2D eigenvalue weighted by atomic mass is 28.1. The quantitative estimate of drug-likeness (QED) is 0.139. The largest absolute Gasteiger partial charge is 0.491 e. The lowest BCUT2D eigenvalue weighted by Gasteiger charge is -2.46. The molecule has 5 atom stereocenters. The highest BCUT2D eigenvalue weighted by Gasteiger charge is 2.52. The average molecular weight is 617 g/mol. The molecule has 0 unspecified atom stereocenters. The molecule has 1 aliphatic rings. The first kappa shape index (κ1) is 30.5. The van der Waals surface area contributed by atoms with Crippen LogP contribution in [-0.4, -0.2) is 41.3 Å². The van der Waals surface area contributed by atoms with E-state index in [1.54, 1.807) is 0 Å². The predicted molar refractivity (Wildman–Crippen MR) is 182 cm³/mol. The van der Waals surface area contributed by atoms with Crippen LogP contribution in [0.1, 0.15) is 22.8 Å². The second kappa shape index (κ2) is 15.0. The molecule has 6 rings (SSSR count). The van der Waals surface area contributed by atoms with E-state index < -0.39 is 30.5 Å². The molecule has 0 N–H and O–H groups in total. The Bertz CT molecular complexity index is 1600. The predicted octanol–water partition coefficient (Wildman–Crippen LogP) is 7.18. The molecule has 0 radical (unpaired) electrons. The zero-order valence-electron chi connectivity index (χ0n) is 25.8. The third-order valence-electron chi connectivity index (χ3n) is 8.09. The molecular formula is C39H40O5Si. The molecule has 0 bridgehead atoms. The third kappa shape index (κ3) is 7.59. The fourth-order valence-electron chi connectivity index (χ4n) is 5.95. The lowest BCUT2D eigenvalue weighted by molar-refractivity contribution is -0.210. The normalized spacial score (nSPS) is 21.1. The number of aryl methyl sites for hydroxylation is 1. The second-order valence-electron chi connectivity index (χ2n) is 11.3. The van der Waals surface area contributed by atoms with E-state index in [1.807, 2.05) is 121 Å². The van der Waals surface area contributed by atoms with Crippen LogP contribution in [0.15, 0.2) is 140 Å². The van der Waals surface area contributed by atoms with Crippen molar-refractivity contribution in [2.24, 2.45) is 0 Å². The summed E-state index contributed by atoms with van der Waals surface area (Å²) < 4.78 is 34.1. The monoisotopic (exact) mass is 616 g/mol. The van der Waals surface area contributed by atoms with Gasteiger partial charge in [0, 0.05) is 10.2 Å². The molecule has 6 heteroatoms. The van der Waals surface area contributed by atoms with E-state index in [-0.39, 0.29) is 6.61 Å². The molecule has 5 aromatic rings. The maximum absolute atomic E-state index is 7.13. The Morgan fingerprint density at radius 3 is 1.58 bits per heavy atom. The highest BCUT2D eigenvalue weighted by molar-refractivity contribution is 6.08. The van der Waals surface area contributed by atoms with E-state index in [1.165, 1.54) is 11.1 Å². The molecule has 5 aromatic carbocycles. The van der Waals surface area contributed by atoms with E-state index in [2.05, 4.69) is 25.1 Å². The molecule has 5 nitrogen and oxygen atoms in total. The van der Waals surface area contributed by atoms with Crippen LogP contribution < -0.4 is 18.9 Å². The molecule has 1 aliphatic heterocycles. The third-order valence-corrected chi connectivity index (χ3v) is 8.59. The topological polar surface area (TPSA) is 46.2 Å². The first-order valence-electron chi connectivity index (χ1n) is 15.8. The summed E-state index contributed by atoms with van der Waals surface area (Å²) in [5.41, 5.74) is 3.68. The fourth-order valence-corrected chi connectivity index (χ4v) is 6.45. The van der Waals surface area contributed by atoms with Gasteiger partial charge < -0.3 is 23.7 Å². The average Bonchev–Trinajstić information content (AvgIpc) is 3.08. The molecule has 0 saturated carbocycles. The smallest absolute Gasteiger partial charge is 0.178 e. The number of para-hydroxylation sites is 4. The van der Waals surface area contributed by atoms with E-state index in [0.29, 0.717) is 0 Å². The highest BCUT2D eigenvalue weighted by Crippen LogP contribution is 2.40. The number of rotatable bonds is 12. The Labute approximate surface area is 269 Å². The van der Waals surface area contributed by atoms with Gasteiger partial charge in [0.25, 0.3) is 0 Å². The number of ether oxygens (including phenoxy) is 5. The first-order chi connectivity index (χ1) is 22.2. The van der Waals surface area contributed by atoms with Crippen molar-refractivity contribution in [1.29, 1.82) is 0 Å². The van der Waals surface area contributed by atoms with Crippen molar-refractivity contribution in [1.82, 2.24) is 0 Å². The van der Waals surface area contributed by atoms with Crippen LogP contribution in [0.5, 0.6) is 23.0 Å². The van der Waals surface area contributed by atoms with Crippen LogP contribution in [0.3, 0.4) is 0 Å². The summed E-state index contributed by atoms with van der Waals surface area (Å²) in [5, 5.41) is 0. The van der Waals surface area contributed by atoms with Gasteiger partial charge in [0.15, 0.2) is 18.3 Å². The Morgan fingerprint density at radius 1 is 0.556 bits per heavy atom. The van der Waals surface area contributed by atoms with Gasteiger partial charge in [0.2, 0.25) is 0 Å². The lowest BCUT2D eigenvalue weighted by atomic mass is 9.86. The summed E-state index contributed by atoms with van der Waals surface area (Å²) in [6, 6.07) is 47.1. The van der Waals surface area contributed by atoms with Gasteiger partial charge in [-0.25, -0.2) is 0 Å². The van der Waals surface area contributed by atoms with E-state index in [0.717, 1.165) is 51.3 Å². The summed E-state index contributed by atoms with van der Waals surface area (Å²) in [6.07, 6.45) is -1.59. The van der Waals surface area contributed by atoms with Crippen molar-refractivity contribution in [2.75, 3.05) is 6.61 Å². The Hall–Kier alpha value is -4.52. The second-order valence-corrected chi connectivity index (χ2v) is 12.3. The summed E-state index contributed by atoms with van der Waals surface area (Å²) in [6.45, 7) is 2.45. The summed E-state index contributed by atoms with van der Waals surface area (Å²) in [4.78, 5) is 0. The molecule has 1 saturated heterocycles. The van der Waals surface area contributed by atoms with Crippen LogP contribution in [0.2, 0.25) is 6.04 Å². The van der Waals surface area contributed by atoms with Crippen molar-refractivity contribution in [3.05, 3.63) is 156 Å². The van der Waals surface area contributed by atoms with Gasteiger partial charge in [-0.3, -0.25) is 0 Å². The van der Waals surface area contributed by atoms with E-state index in [4.69, 9.17) is 23.7 Å². The Balaban J connectivity index is 1.48. The Kier molecular flexibility index (Phi) is 10.1. The standard InChI is InChI=1S/C39H40O5Si/c1-28-15-14-24-34(33(28)25-26-45)36-38(42-31-20-10-4-11-21-31)39(43-32-22-12-5-13-23-32)37(41-30-18-8-3-9-19-30)35(44-36)27-40-29-16-6-2-7-17-29/h2-24,35-39H,25-27H2,1,45H3/t35-,36-,37-,38-,39+/m1/s1. The summed E-state index contributed by atoms with van der Waals surface area (Å²) in [7, 11) is 1.12. The Morgan fingerprint density at radius 2 is 1.04 bits per heavy atom. The molecule has 0 spiro atoms. The van der Waals surface area contributed by atoms with Crippen LogP contribution in [0.4, 0.5) is 0 Å². The molecule has 0 aromatic heterocycles. The zero-order chi connectivity index (χ0) is 30.8. The van der Waals surface area contributed by atoms with Crippen molar-refractivity contribution in [2.45, 2.75) is 49.9 Å². The maximum atomic E-state index is 7.13. The summed E-state index contributed by atoms with van der Waals surface area (Å²) in [5.74, 6) is 2.97. The molecule has 230 valence electrons. The minimum absolute atomic E-state index is 0.270. The van der Waals surface area contributed by atoms with Crippen molar-refractivity contribution in [3.8, 4) is 23.0 Å². The lowest BCUT2D eigenvalue weighted by Crippen LogP contribution is -2.62. The maximum Gasteiger partial charge on any atom is 0.178 e. The van der Waals surface area contributed by atoms with E-state index in [9.17, 15) is 0 Å². The van der Waals surface area contributed by atoms with Gasteiger partial charge in [-0.15, -0.1) is 0 Å². The van der Waals surface area contributed by atoms with Gasteiger partial charge in [0.1, 0.15) is 41.8 Å². The van der Waals surface area contributed by atoms with E-state index >= 15 is 0 Å². The molecule has 0 amide bonds.